The fourth-order valence-corrected chi connectivity index (χ4v) is 7.08. The van der Waals surface area contributed by atoms with Crippen molar-refractivity contribution >= 4 is 0 Å². The van der Waals surface area contributed by atoms with Gasteiger partial charge in [-0.05, 0) is 86.4 Å². The molecule has 4 aliphatic carbocycles. The van der Waals surface area contributed by atoms with Crippen LogP contribution >= 0.6 is 0 Å². The van der Waals surface area contributed by atoms with Crippen molar-refractivity contribution in [1.82, 2.24) is 0 Å². The molecular formula is C20H32O3. The van der Waals surface area contributed by atoms with E-state index < -0.39 is 6.48 Å². The first-order valence-electron chi connectivity index (χ1n) is 9.66. The lowest BCUT2D eigenvalue weighted by Crippen LogP contribution is -2.51. The number of hydrogen-bond donors (Lipinski definition) is 2. The highest BCUT2D eigenvalue weighted by atomic mass is 16.7. The zero-order chi connectivity index (χ0) is 16.2. The molecule has 3 fully saturated rings. The predicted molar refractivity (Wildman–Crippen MR) is 89.4 cm³/mol. The number of allylic oxidation sites excluding steroid dienone is 2. The second-order valence-electron chi connectivity index (χ2n) is 9.03. The summed E-state index contributed by atoms with van der Waals surface area (Å²) in [6.07, 6.45) is 13.9. The van der Waals surface area contributed by atoms with Crippen LogP contribution in [-0.4, -0.2) is 22.8 Å². The highest BCUT2D eigenvalue weighted by Crippen LogP contribution is 2.65. The molecule has 6 atom stereocenters. The van der Waals surface area contributed by atoms with E-state index in [1.807, 2.05) is 0 Å². The van der Waals surface area contributed by atoms with Gasteiger partial charge in [-0.25, -0.2) is 0 Å². The molecule has 23 heavy (non-hydrogen) atoms. The van der Waals surface area contributed by atoms with Crippen LogP contribution < -0.4 is 0 Å². The average Bonchev–Trinajstić information content (AvgIpc) is 2.83. The zero-order valence-corrected chi connectivity index (χ0v) is 14.6. The standard InChI is InChI=1S/C20H32O3/c1-19-11-4-3-5-13(19)6-7-14-15-8-9-17(23-18(21)22)20(15,2)12-10-16(14)19/h5,14-18,21-22H,3-4,6-12H2,1-2H3/t14-,15-,16-,17-,19-,20-/m0/s1. The minimum atomic E-state index is -1.62. The van der Waals surface area contributed by atoms with Gasteiger partial charge in [0.1, 0.15) is 0 Å². The van der Waals surface area contributed by atoms with Gasteiger partial charge in [-0.3, -0.25) is 0 Å². The highest BCUT2D eigenvalue weighted by Gasteiger charge is 2.59. The molecule has 0 unspecified atom stereocenters. The van der Waals surface area contributed by atoms with E-state index >= 15 is 0 Å². The molecule has 0 saturated heterocycles. The molecule has 0 radical (unpaired) electrons. The predicted octanol–water partition coefficient (Wildman–Crippen LogP) is 3.99. The van der Waals surface area contributed by atoms with Gasteiger partial charge < -0.3 is 14.9 Å². The number of rotatable bonds is 2. The van der Waals surface area contributed by atoms with Gasteiger partial charge in [-0.1, -0.05) is 25.5 Å². The first-order valence-corrected chi connectivity index (χ1v) is 9.66. The number of ether oxygens (including phenoxy) is 1. The van der Waals surface area contributed by atoms with Gasteiger partial charge in [-0.15, -0.1) is 0 Å². The van der Waals surface area contributed by atoms with Crippen molar-refractivity contribution in [3.63, 3.8) is 0 Å². The van der Waals surface area contributed by atoms with Crippen LogP contribution in [0, 0.1) is 28.6 Å². The summed E-state index contributed by atoms with van der Waals surface area (Å²) in [5, 5.41) is 18.5. The zero-order valence-electron chi connectivity index (χ0n) is 14.6. The van der Waals surface area contributed by atoms with E-state index in [1.54, 1.807) is 5.57 Å². The lowest BCUT2D eigenvalue weighted by atomic mass is 9.47. The summed E-state index contributed by atoms with van der Waals surface area (Å²) in [4.78, 5) is 0. The van der Waals surface area contributed by atoms with Crippen molar-refractivity contribution in [2.75, 3.05) is 0 Å². The van der Waals surface area contributed by atoms with Crippen molar-refractivity contribution < 1.29 is 14.9 Å². The molecule has 0 aromatic rings. The third-order valence-corrected chi connectivity index (χ3v) is 8.23. The van der Waals surface area contributed by atoms with Gasteiger partial charge in [0.2, 0.25) is 0 Å². The lowest BCUT2D eigenvalue weighted by Gasteiger charge is -2.58. The number of hydrogen-bond acceptors (Lipinski definition) is 3. The molecule has 0 aliphatic heterocycles. The fraction of sp³-hybridized carbons (Fsp3) is 0.900. The summed E-state index contributed by atoms with van der Waals surface area (Å²) in [5.41, 5.74) is 2.33. The minimum absolute atomic E-state index is 0.0181. The maximum atomic E-state index is 9.27. The molecule has 0 heterocycles. The Morgan fingerprint density at radius 3 is 2.70 bits per heavy atom. The van der Waals surface area contributed by atoms with Gasteiger partial charge >= 0.3 is 0 Å². The SMILES string of the molecule is C[C@]12CC[C@H]3[C@@H](CCC4=CCCC[C@@]43C)[C@@H]1CC[C@@H]2OC(O)O. The summed E-state index contributed by atoms with van der Waals surface area (Å²) >= 11 is 0. The maximum Gasteiger partial charge on any atom is 0.266 e. The van der Waals surface area contributed by atoms with Crippen LogP contribution in [-0.2, 0) is 4.74 Å². The van der Waals surface area contributed by atoms with E-state index in [0.29, 0.717) is 11.3 Å². The fourth-order valence-electron chi connectivity index (χ4n) is 7.08. The van der Waals surface area contributed by atoms with Crippen molar-refractivity contribution in [3.05, 3.63) is 11.6 Å². The van der Waals surface area contributed by atoms with E-state index in [0.717, 1.165) is 18.3 Å². The summed E-state index contributed by atoms with van der Waals surface area (Å²) < 4.78 is 5.49. The Bertz CT molecular complexity index is 499. The lowest BCUT2D eigenvalue weighted by molar-refractivity contribution is -0.274. The van der Waals surface area contributed by atoms with Crippen LogP contribution in [0.3, 0.4) is 0 Å². The molecular weight excluding hydrogens is 288 g/mol. The molecule has 130 valence electrons. The normalized spacial score (nSPS) is 49.3. The second kappa shape index (κ2) is 5.57. The van der Waals surface area contributed by atoms with Crippen molar-refractivity contribution in [1.29, 1.82) is 0 Å². The molecule has 4 aliphatic rings. The van der Waals surface area contributed by atoms with Gasteiger partial charge in [0.15, 0.2) is 0 Å². The quantitative estimate of drug-likeness (QED) is 0.597. The molecule has 0 amide bonds. The molecule has 3 nitrogen and oxygen atoms in total. The molecule has 3 heteroatoms. The van der Waals surface area contributed by atoms with Crippen LogP contribution in [0.4, 0.5) is 0 Å². The van der Waals surface area contributed by atoms with Gasteiger partial charge in [0, 0.05) is 0 Å². The smallest absolute Gasteiger partial charge is 0.266 e. The first-order chi connectivity index (χ1) is 10.9. The third kappa shape index (κ3) is 2.34. The van der Waals surface area contributed by atoms with Gasteiger partial charge in [0.25, 0.3) is 6.48 Å². The van der Waals surface area contributed by atoms with Crippen LogP contribution in [0.5, 0.6) is 0 Å². The molecule has 3 saturated carbocycles. The summed E-state index contributed by atoms with van der Waals surface area (Å²) in [5.74, 6) is 2.34. The van der Waals surface area contributed by atoms with Gasteiger partial charge in [-0.2, -0.15) is 0 Å². The van der Waals surface area contributed by atoms with Crippen molar-refractivity contribution in [2.45, 2.75) is 84.2 Å². The Hall–Kier alpha value is -0.380. The molecule has 0 bridgehead atoms. The van der Waals surface area contributed by atoms with Crippen molar-refractivity contribution in [3.8, 4) is 0 Å². The number of fused-ring (bicyclic) bond motifs is 5. The minimum Gasteiger partial charge on any atom is -0.346 e. The van der Waals surface area contributed by atoms with E-state index in [-0.39, 0.29) is 11.5 Å². The van der Waals surface area contributed by atoms with Crippen LogP contribution in [0.2, 0.25) is 0 Å². The topological polar surface area (TPSA) is 49.7 Å². The van der Waals surface area contributed by atoms with Gasteiger partial charge in [0.05, 0.1) is 6.10 Å². The van der Waals surface area contributed by atoms with E-state index in [2.05, 4.69) is 19.9 Å². The van der Waals surface area contributed by atoms with E-state index in [1.165, 1.54) is 51.4 Å². The Morgan fingerprint density at radius 2 is 1.91 bits per heavy atom. The Morgan fingerprint density at radius 1 is 1.09 bits per heavy atom. The molecule has 0 spiro atoms. The van der Waals surface area contributed by atoms with Crippen LogP contribution in [0.1, 0.15) is 71.6 Å². The largest absolute Gasteiger partial charge is 0.346 e. The van der Waals surface area contributed by atoms with E-state index in [9.17, 15) is 10.2 Å². The average molecular weight is 320 g/mol. The summed E-state index contributed by atoms with van der Waals surface area (Å²) in [6, 6.07) is 0. The summed E-state index contributed by atoms with van der Waals surface area (Å²) in [6.45, 7) is 3.27. The van der Waals surface area contributed by atoms with E-state index in [4.69, 9.17) is 4.74 Å². The number of aliphatic hydroxyl groups is 2. The van der Waals surface area contributed by atoms with Crippen LogP contribution in [0.25, 0.3) is 0 Å². The first kappa shape index (κ1) is 16.1. The monoisotopic (exact) mass is 320 g/mol. The second-order valence-corrected chi connectivity index (χ2v) is 9.03. The highest BCUT2D eigenvalue weighted by molar-refractivity contribution is 5.23. The molecule has 2 N–H and O–H groups in total. The van der Waals surface area contributed by atoms with Crippen LogP contribution in [0.15, 0.2) is 11.6 Å². The third-order valence-electron chi connectivity index (χ3n) is 8.23. The summed E-state index contributed by atoms with van der Waals surface area (Å²) in [7, 11) is 0. The van der Waals surface area contributed by atoms with Crippen molar-refractivity contribution in [2.24, 2.45) is 28.6 Å². The Balaban J connectivity index is 1.60. The molecule has 4 rings (SSSR count). The Kier molecular flexibility index (Phi) is 3.90. The maximum absolute atomic E-state index is 9.27. The molecule has 0 aromatic heterocycles. The Labute approximate surface area is 140 Å². The molecule has 0 aromatic carbocycles. The number of aliphatic hydroxyl groups excluding tert-OH is 1.